The molecule has 22 heavy (non-hydrogen) atoms. The number of methoxy groups -OCH3 is 1. The molecule has 0 aromatic rings. The van der Waals surface area contributed by atoms with Crippen LogP contribution in [0.5, 0.6) is 0 Å². The standard InChI is InChI=1S/C19H32O3/c1-17(2,3)15-11-14(9-8-10-16(20)21)12-19(13-15,22-7)18(4,5)6/h11,13H,8-10,12H2,1-7H3,(H,20,21). The van der Waals surface area contributed by atoms with Crippen LogP contribution in [0.15, 0.2) is 23.3 Å². The molecule has 1 unspecified atom stereocenters. The van der Waals surface area contributed by atoms with Gasteiger partial charge >= 0.3 is 5.97 Å². The number of aliphatic carboxylic acids is 1. The first kappa shape index (κ1) is 19.0. The molecule has 1 aliphatic carbocycles. The summed E-state index contributed by atoms with van der Waals surface area (Å²) in [7, 11) is 1.78. The first-order chi connectivity index (χ1) is 9.91. The van der Waals surface area contributed by atoms with E-state index < -0.39 is 5.97 Å². The minimum Gasteiger partial charge on any atom is -0.481 e. The summed E-state index contributed by atoms with van der Waals surface area (Å²) in [5.74, 6) is -0.725. The van der Waals surface area contributed by atoms with Gasteiger partial charge in [-0.25, -0.2) is 0 Å². The van der Waals surface area contributed by atoms with E-state index in [1.54, 1.807) is 7.11 Å². The zero-order valence-corrected chi connectivity index (χ0v) is 15.2. The third-order valence-corrected chi connectivity index (χ3v) is 4.63. The lowest BCUT2D eigenvalue weighted by Crippen LogP contribution is -2.45. The van der Waals surface area contributed by atoms with E-state index in [4.69, 9.17) is 9.84 Å². The lowest BCUT2D eigenvalue weighted by molar-refractivity contribution is -0.137. The summed E-state index contributed by atoms with van der Waals surface area (Å²) in [5, 5.41) is 8.85. The molecule has 0 aromatic carbocycles. The Hall–Kier alpha value is -1.09. The van der Waals surface area contributed by atoms with Gasteiger partial charge in [-0.15, -0.1) is 0 Å². The van der Waals surface area contributed by atoms with E-state index in [0.29, 0.717) is 6.42 Å². The number of allylic oxidation sites excluding steroid dienone is 2. The van der Waals surface area contributed by atoms with Crippen LogP contribution in [0, 0.1) is 10.8 Å². The first-order valence-electron chi connectivity index (χ1n) is 8.11. The summed E-state index contributed by atoms with van der Waals surface area (Å²) >= 11 is 0. The fourth-order valence-corrected chi connectivity index (χ4v) is 2.93. The maximum atomic E-state index is 10.8. The second kappa shape index (κ2) is 6.57. The van der Waals surface area contributed by atoms with E-state index in [9.17, 15) is 4.79 Å². The third kappa shape index (κ3) is 4.45. The fraction of sp³-hybridized carbons (Fsp3) is 0.737. The summed E-state index contributed by atoms with van der Waals surface area (Å²) in [4.78, 5) is 10.8. The van der Waals surface area contributed by atoms with E-state index in [1.807, 2.05) is 0 Å². The number of rotatable bonds is 5. The van der Waals surface area contributed by atoms with Crippen molar-refractivity contribution in [3.8, 4) is 0 Å². The topological polar surface area (TPSA) is 46.5 Å². The molecule has 0 amide bonds. The van der Waals surface area contributed by atoms with Gasteiger partial charge in [0.25, 0.3) is 0 Å². The van der Waals surface area contributed by atoms with Gasteiger partial charge in [0.05, 0.1) is 5.60 Å². The van der Waals surface area contributed by atoms with Gasteiger partial charge in [-0.2, -0.15) is 0 Å². The van der Waals surface area contributed by atoms with E-state index in [0.717, 1.165) is 12.8 Å². The normalized spacial score (nSPS) is 23.0. The van der Waals surface area contributed by atoms with E-state index in [1.165, 1.54) is 11.1 Å². The largest absolute Gasteiger partial charge is 0.481 e. The van der Waals surface area contributed by atoms with Crippen molar-refractivity contribution >= 4 is 5.97 Å². The van der Waals surface area contributed by atoms with Crippen LogP contribution < -0.4 is 0 Å². The molecule has 1 N–H and O–H groups in total. The zero-order valence-electron chi connectivity index (χ0n) is 15.2. The monoisotopic (exact) mass is 308 g/mol. The van der Waals surface area contributed by atoms with Crippen LogP contribution >= 0.6 is 0 Å². The van der Waals surface area contributed by atoms with Crippen molar-refractivity contribution in [2.45, 2.75) is 72.8 Å². The number of carbonyl (C=O) groups is 1. The molecule has 0 fully saturated rings. The average Bonchev–Trinajstić information content (AvgIpc) is 2.35. The van der Waals surface area contributed by atoms with Gasteiger partial charge in [-0.05, 0) is 35.3 Å². The molecule has 0 heterocycles. The molecule has 1 aliphatic rings. The van der Waals surface area contributed by atoms with Gasteiger partial charge in [0, 0.05) is 20.0 Å². The van der Waals surface area contributed by atoms with Crippen molar-refractivity contribution < 1.29 is 14.6 Å². The number of ether oxygens (including phenoxy) is 1. The van der Waals surface area contributed by atoms with Crippen LogP contribution in [-0.2, 0) is 9.53 Å². The predicted octanol–water partition coefficient (Wildman–Crippen LogP) is 4.98. The molecule has 1 rings (SSSR count). The van der Waals surface area contributed by atoms with Crippen molar-refractivity contribution in [3.05, 3.63) is 23.3 Å². The molecule has 3 nitrogen and oxygen atoms in total. The van der Waals surface area contributed by atoms with Crippen LogP contribution in [0.25, 0.3) is 0 Å². The molecule has 126 valence electrons. The van der Waals surface area contributed by atoms with E-state index in [2.05, 4.69) is 53.7 Å². The van der Waals surface area contributed by atoms with Crippen molar-refractivity contribution in [1.29, 1.82) is 0 Å². The van der Waals surface area contributed by atoms with Crippen LogP contribution in [0.3, 0.4) is 0 Å². The Balaban J connectivity index is 3.13. The highest BCUT2D eigenvalue weighted by atomic mass is 16.5. The van der Waals surface area contributed by atoms with Crippen molar-refractivity contribution in [2.24, 2.45) is 10.8 Å². The minimum absolute atomic E-state index is 0.0233. The van der Waals surface area contributed by atoms with Gasteiger partial charge in [-0.1, -0.05) is 53.2 Å². The van der Waals surface area contributed by atoms with Gasteiger partial charge in [0.15, 0.2) is 0 Å². The van der Waals surface area contributed by atoms with Crippen LogP contribution in [0.4, 0.5) is 0 Å². The minimum atomic E-state index is -0.725. The molecule has 0 aliphatic heterocycles. The third-order valence-electron chi connectivity index (χ3n) is 4.63. The molecule has 1 atom stereocenters. The Morgan fingerprint density at radius 1 is 1.27 bits per heavy atom. The Kier molecular flexibility index (Phi) is 5.66. The predicted molar refractivity (Wildman–Crippen MR) is 90.9 cm³/mol. The molecule has 0 spiro atoms. The lowest BCUT2D eigenvalue weighted by atomic mass is 9.66. The summed E-state index contributed by atoms with van der Waals surface area (Å²) in [5.41, 5.74) is 2.27. The van der Waals surface area contributed by atoms with Crippen LogP contribution in [-0.4, -0.2) is 23.8 Å². The Morgan fingerprint density at radius 3 is 2.27 bits per heavy atom. The lowest BCUT2D eigenvalue weighted by Gasteiger charge is -2.46. The molecule has 3 heteroatoms. The molecular formula is C19H32O3. The first-order valence-corrected chi connectivity index (χ1v) is 8.11. The summed E-state index contributed by atoms with van der Waals surface area (Å²) in [6.45, 7) is 13.2. The highest BCUT2D eigenvalue weighted by Gasteiger charge is 2.43. The Labute approximate surface area is 135 Å². The second-order valence-corrected chi connectivity index (χ2v) is 8.42. The summed E-state index contributed by atoms with van der Waals surface area (Å²) in [6, 6.07) is 0. The number of carboxylic acid groups (broad SMARTS) is 1. The van der Waals surface area contributed by atoms with Crippen molar-refractivity contribution in [1.82, 2.24) is 0 Å². The van der Waals surface area contributed by atoms with Gasteiger partial charge in [-0.3, -0.25) is 4.79 Å². The van der Waals surface area contributed by atoms with E-state index >= 15 is 0 Å². The quantitative estimate of drug-likeness (QED) is 0.779. The van der Waals surface area contributed by atoms with Gasteiger partial charge < -0.3 is 9.84 Å². The van der Waals surface area contributed by atoms with Gasteiger partial charge in [0.1, 0.15) is 0 Å². The van der Waals surface area contributed by atoms with Crippen molar-refractivity contribution in [3.63, 3.8) is 0 Å². The number of hydrogen-bond donors (Lipinski definition) is 1. The summed E-state index contributed by atoms with van der Waals surface area (Å²) < 4.78 is 5.99. The highest BCUT2D eigenvalue weighted by Crippen LogP contribution is 2.46. The van der Waals surface area contributed by atoms with Crippen LogP contribution in [0.2, 0.25) is 0 Å². The maximum Gasteiger partial charge on any atom is 0.303 e. The average molecular weight is 308 g/mol. The number of carboxylic acids is 1. The van der Waals surface area contributed by atoms with Crippen LogP contribution in [0.1, 0.15) is 67.2 Å². The molecule has 0 radical (unpaired) electrons. The SMILES string of the molecule is COC1(C(C)(C)C)C=C(C(C)(C)C)C=C(CCCC(=O)O)C1. The van der Waals surface area contributed by atoms with E-state index in [-0.39, 0.29) is 22.9 Å². The number of hydrogen-bond acceptors (Lipinski definition) is 2. The van der Waals surface area contributed by atoms with Gasteiger partial charge in [0.2, 0.25) is 0 Å². The smallest absolute Gasteiger partial charge is 0.303 e. The zero-order chi connectivity index (χ0) is 17.2. The Bertz CT molecular complexity index is 472. The summed E-state index contributed by atoms with van der Waals surface area (Å²) in [6.07, 6.45) is 7.11. The second-order valence-electron chi connectivity index (χ2n) is 8.42. The maximum absolute atomic E-state index is 10.8. The highest BCUT2D eigenvalue weighted by molar-refractivity contribution is 5.66. The molecular weight excluding hydrogens is 276 g/mol. The molecule has 0 aromatic heterocycles. The molecule has 0 bridgehead atoms. The molecule has 0 saturated carbocycles. The van der Waals surface area contributed by atoms with Crippen molar-refractivity contribution in [2.75, 3.05) is 7.11 Å². The molecule has 0 saturated heterocycles. The fourth-order valence-electron chi connectivity index (χ4n) is 2.93. The Morgan fingerprint density at radius 2 is 1.86 bits per heavy atom.